The van der Waals surface area contributed by atoms with Gasteiger partial charge in [0.1, 0.15) is 0 Å². The fourth-order valence-electron chi connectivity index (χ4n) is 3.20. The molecule has 2 heterocycles. The number of thioether (sulfide) groups is 1. The number of benzene rings is 2. The molecule has 156 valence electrons. The second kappa shape index (κ2) is 9.22. The molecule has 0 fully saturated rings. The Morgan fingerprint density at radius 2 is 1.58 bits per heavy atom. The van der Waals surface area contributed by atoms with Crippen molar-refractivity contribution in [3.8, 4) is 20.9 Å². The highest BCUT2D eigenvalue weighted by Gasteiger charge is 2.15. The summed E-state index contributed by atoms with van der Waals surface area (Å²) in [6, 6.07) is 18.9. The number of rotatable bonds is 6. The van der Waals surface area contributed by atoms with Crippen LogP contribution in [-0.2, 0) is 5.75 Å². The molecular formula is C24H19ClN2O2S2. The van der Waals surface area contributed by atoms with Crippen molar-refractivity contribution in [2.75, 3.05) is 0 Å². The normalized spacial score (nSPS) is 10.9. The number of aromatic nitrogens is 2. The summed E-state index contributed by atoms with van der Waals surface area (Å²) < 4.78 is 0. The highest BCUT2D eigenvalue weighted by molar-refractivity contribution is 7.98. The summed E-state index contributed by atoms with van der Waals surface area (Å²) in [5.74, 6) is -0.217. The molecule has 0 atom stereocenters. The number of aromatic carboxylic acids is 1. The lowest BCUT2D eigenvalue weighted by atomic mass is 10.1. The number of hydrogen-bond donors (Lipinski definition) is 1. The largest absolute Gasteiger partial charge is 0.478 e. The van der Waals surface area contributed by atoms with Crippen molar-refractivity contribution in [1.29, 1.82) is 0 Å². The van der Waals surface area contributed by atoms with Crippen LogP contribution < -0.4 is 0 Å². The number of halogens is 1. The molecule has 4 rings (SSSR count). The van der Waals surface area contributed by atoms with Crippen LogP contribution in [0.5, 0.6) is 0 Å². The van der Waals surface area contributed by atoms with Gasteiger partial charge in [-0.3, -0.25) is 0 Å². The molecule has 0 spiro atoms. The van der Waals surface area contributed by atoms with E-state index in [9.17, 15) is 9.90 Å². The Bertz CT molecular complexity index is 1220. The second-order valence-corrected chi connectivity index (χ2v) is 9.51. The lowest BCUT2D eigenvalue weighted by Gasteiger charge is -2.05. The SMILES string of the molecule is Cc1cc(C)nc(SCc2cc(-c3ccc(Cl)cc3)sc2-c2ccc(C(=O)O)cc2)n1. The van der Waals surface area contributed by atoms with Crippen molar-refractivity contribution in [2.45, 2.75) is 24.8 Å². The van der Waals surface area contributed by atoms with E-state index in [1.807, 2.05) is 56.3 Å². The van der Waals surface area contributed by atoms with Crippen molar-refractivity contribution in [3.63, 3.8) is 0 Å². The molecule has 0 aliphatic heterocycles. The Hall–Kier alpha value is -2.67. The molecule has 2 aromatic carbocycles. The molecule has 0 bridgehead atoms. The first-order valence-electron chi connectivity index (χ1n) is 9.56. The standard InChI is InChI=1S/C24H19ClN2O2S2/c1-14-11-15(2)27-24(26-14)30-13-19-12-21(16-7-9-20(25)10-8-16)31-22(19)17-3-5-18(6-4-17)23(28)29/h3-12H,13H2,1-2H3,(H,28,29). The van der Waals surface area contributed by atoms with Gasteiger partial charge in [0.2, 0.25) is 0 Å². The maximum absolute atomic E-state index is 11.2. The zero-order valence-electron chi connectivity index (χ0n) is 16.9. The molecule has 2 aromatic heterocycles. The number of thiophene rings is 1. The van der Waals surface area contributed by atoms with Gasteiger partial charge in [0.25, 0.3) is 0 Å². The van der Waals surface area contributed by atoms with E-state index in [1.165, 1.54) is 0 Å². The maximum atomic E-state index is 11.2. The van der Waals surface area contributed by atoms with Gasteiger partial charge < -0.3 is 5.11 Å². The van der Waals surface area contributed by atoms with E-state index in [1.54, 1.807) is 35.2 Å². The Balaban J connectivity index is 1.70. The first kappa shape index (κ1) is 21.6. The molecular weight excluding hydrogens is 448 g/mol. The van der Waals surface area contributed by atoms with Crippen molar-refractivity contribution in [2.24, 2.45) is 0 Å². The van der Waals surface area contributed by atoms with E-state index >= 15 is 0 Å². The average Bonchev–Trinajstić information content (AvgIpc) is 3.16. The number of nitrogens with zero attached hydrogens (tertiary/aromatic N) is 2. The highest BCUT2D eigenvalue weighted by Crippen LogP contribution is 2.40. The third-order valence-electron chi connectivity index (χ3n) is 4.65. The predicted molar refractivity (Wildman–Crippen MR) is 128 cm³/mol. The van der Waals surface area contributed by atoms with Crippen LogP contribution in [0.1, 0.15) is 27.3 Å². The molecule has 0 amide bonds. The summed E-state index contributed by atoms with van der Waals surface area (Å²) in [6.45, 7) is 3.94. The fraction of sp³-hybridized carbons (Fsp3) is 0.125. The summed E-state index contributed by atoms with van der Waals surface area (Å²) in [5, 5.41) is 10.7. The molecule has 0 radical (unpaired) electrons. The van der Waals surface area contributed by atoms with Gasteiger partial charge >= 0.3 is 5.97 Å². The quantitative estimate of drug-likeness (QED) is 0.242. The Morgan fingerprint density at radius 3 is 2.19 bits per heavy atom. The van der Waals surface area contributed by atoms with Crippen molar-refractivity contribution in [3.05, 3.63) is 88.2 Å². The Kier molecular flexibility index (Phi) is 6.41. The van der Waals surface area contributed by atoms with Gasteiger partial charge in [-0.1, -0.05) is 47.6 Å². The van der Waals surface area contributed by atoms with Crippen LogP contribution in [0.3, 0.4) is 0 Å². The zero-order chi connectivity index (χ0) is 22.0. The molecule has 0 saturated carbocycles. The van der Waals surface area contributed by atoms with E-state index in [0.717, 1.165) is 43.0 Å². The van der Waals surface area contributed by atoms with Crippen LogP contribution in [0.4, 0.5) is 0 Å². The van der Waals surface area contributed by atoms with Gasteiger partial charge in [0.05, 0.1) is 5.56 Å². The summed E-state index contributed by atoms with van der Waals surface area (Å²) in [7, 11) is 0. The summed E-state index contributed by atoms with van der Waals surface area (Å²) in [6.07, 6.45) is 0. The van der Waals surface area contributed by atoms with Crippen LogP contribution in [0.2, 0.25) is 5.02 Å². The van der Waals surface area contributed by atoms with Crippen LogP contribution in [-0.4, -0.2) is 21.0 Å². The minimum absolute atomic E-state index is 0.276. The van der Waals surface area contributed by atoms with E-state index in [-0.39, 0.29) is 5.56 Å². The van der Waals surface area contributed by atoms with Gasteiger partial charge in [-0.15, -0.1) is 11.3 Å². The van der Waals surface area contributed by atoms with Gasteiger partial charge in [-0.2, -0.15) is 0 Å². The van der Waals surface area contributed by atoms with E-state index in [0.29, 0.717) is 10.8 Å². The summed E-state index contributed by atoms with van der Waals surface area (Å²) in [5.41, 5.74) is 5.42. The number of carboxylic acids is 1. The third-order valence-corrected chi connectivity index (χ3v) is 7.07. The zero-order valence-corrected chi connectivity index (χ0v) is 19.3. The number of carbonyl (C=O) groups is 1. The first-order chi connectivity index (χ1) is 14.9. The monoisotopic (exact) mass is 466 g/mol. The third kappa shape index (κ3) is 5.15. The average molecular weight is 467 g/mol. The van der Waals surface area contributed by atoms with Crippen molar-refractivity contribution < 1.29 is 9.90 Å². The summed E-state index contributed by atoms with van der Waals surface area (Å²) >= 11 is 9.33. The lowest BCUT2D eigenvalue weighted by molar-refractivity contribution is 0.0697. The Morgan fingerprint density at radius 1 is 0.968 bits per heavy atom. The van der Waals surface area contributed by atoms with Crippen molar-refractivity contribution in [1.82, 2.24) is 9.97 Å². The number of carboxylic acid groups (broad SMARTS) is 1. The number of hydrogen-bond acceptors (Lipinski definition) is 5. The topological polar surface area (TPSA) is 63.1 Å². The van der Waals surface area contributed by atoms with Gasteiger partial charge in [0, 0.05) is 31.9 Å². The van der Waals surface area contributed by atoms with Gasteiger partial charge in [-0.05, 0) is 66.9 Å². The van der Waals surface area contributed by atoms with Gasteiger partial charge in [0.15, 0.2) is 5.16 Å². The van der Waals surface area contributed by atoms with Crippen LogP contribution >= 0.6 is 34.7 Å². The van der Waals surface area contributed by atoms with E-state index in [4.69, 9.17) is 11.6 Å². The Labute approximate surface area is 194 Å². The lowest BCUT2D eigenvalue weighted by Crippen LogP contribution is -1.95. The molecule has 4 nitrogen and oxygen atoms in total. The maximum Gasteiger partial charge on any atom is 0.335 e. The molecule has 31 heavy (non-hydrogen) atoms. The molecule has 4 aromatic rings. The smallest absolute Gasteiger partial charge is 0.335 e. The van der Waals surface area contributed by atoms with Crippen molar-refractivity contribution >= 4 is 40.7 Å². The number of aryl methyl sites for hydroxylation is 2. The minimum Gasteiger partial charge on any atom is -0.478 e. The molecule has 0 aliphatic rings. The molecule has 0 saturated heterocycles. The fourth-order valence-corrected chi connectivity index (χ4v) is 5.54. The van der Waals surface area contributed by atoms with Crippen LogP contribution in [0, 0.1) is 13.8 Å². The van der Waals surface area contributed by atoms with E-state index in [2.05, 4.69) is 16.0 Å². The molecule has 7 heteroatoms. The highest BCUT2D eigenvalue weighted by atomic mass is 35.5. The van der Waals surface area contributed by atoms with Crippen LogP contribution in [0.15, 0.2) is 65.8 Å². The van der Waals surface area contributed by atoms with Crippen LogP contribution in [0.25, 0.3) is 20.9 Å². The molecule has 0 aliphatic carbocycles. The minimum atomic E-state index is -0.928. The second-order valence-electron chi connectivity index (χ2n) is 7.08. The summed E-state index contributed by atoms with van der Waals surface area (Å²) in [4.78, 5) is 22.5. The van der Waals surface area contributed by atoms with E-state index < -0.39 is 5.97 Å². The molecule has 1 N–H and O–H groups in total. The van der Waals surface area contributed by atoms with Gasteiger partial charge in [-0.25, -0.2) is 14.8 Å². The predicted octanol–water partition coefficient (Wildman–Crippen LogP) is 7.13. The first-order valence-corrected chi connectivity index (χ1v) is 11.7. The molecule has 0 unspecified atom stereocenters.